The number of benzene rings is 1. The molecule has 0 radical (unpaired) electrons. The van der Waals surface area contributed by atoms with Gasteiger partial charge in [0.1, 0.15) is 13.2 Å². The van der Waals surface area contributed by atoms with E-state index in [1.807, 2.05) is 31.3 Å². The van der Waals surface area contributed by atoms with E-state index >= 15 is 0 Å². The van der Waals surface area contributed by atoms with Crippen molar-refractivity contribution in [2.75, 3.05) is 25.5 Å². The van der Waals surface area contributed by atoms with Crippen molar-refractivity contribution in [2.24, 2.45) is 0 Å². The molecular weight excluding hydrogens is 338 g/mol. The van der Waals surface area contributed by atoms with Gasteiger partial charge in [0.05, 0.1) is 17.6 Å². The van der Waals surface area contributed by atoms with Gasteiger partial charge in [0.2, 0.25) is 5.91 Å². The molecule has 0 atom stereocenters. The molecule has 1 aliphatic heterocycles. The quantitative estimate of drug-likeness (QED) is 0.768. The number of nitrogens with one attached hydrogen (secondary N) is 1. The van der Waals surface area contributed by atoms with Gasteiger partial charge in [-0.1, -0.05) is 18.7 Å². The highest BCUT2D eigenvalue weighted by Crippen LogP contribution is 2.35. The first-order valence-electron chi connectivity index (χ1n) is 8.58. The number of carbonyl (C=O) groups is 1. The SMILES string of the molecule is CCCNC(=O)CSc1ncc(-c2ccc3c(c2)OCCO3)n1CC. The van der Waals surface area contributed by atoms with E-state index < -0.39 is 0 Å². The second-order valence-corrected chi connectivity index (χ2v) is 6.61. The van der Waals surface area contributed by atoms with Gasteiger partial charge < -0.3 is 19.4 Å². The first-order chi connectivity index (χ1) is 12.2. The molecule has 0 saturated carbocycles. The number of thioether (sulfide) groups is 1. The van der Waals surface area contributed by atoms with E-state index in [1.165, 1.54) is 11.8 Å². The summed E-state index contributed by atoms with van der Waals surface area (Å²) in [5, 5.41) is 3.73. The van der Waals surface area contributed by atoms with Gasteiger partial charge in [0.15, 0.2) is 16.7 Å². The third-order valence-corrected chi connectivity index (χ3v) is 4.87. The Morgan fingerprint density at radius 2 is 2.08 bits per heavy atom. The van der Waals surface area contributed by atoms with Crippen LogP contribution in [0.4, 0.5) is 0 Å². The summed E-state index contributed by atoms with van der Waals surface area (Å²) in [4.78, 5) is 16.3. The van der Waals surface area contributed by atoms with Crippen LogP contribution in [0.2, 0.25) is 0 Å². The minimum atomic E-state index is 0.0402. The number of fused-ring (bicyclic) bond motifs is 1. The lowest BCUT2D eigenvalue weighted by Crippen LogP contribution is -2.25. The second-order valence-electron chi connectivity index (χ2n) is 5.67. The van der Waals surface area contributed by atoms with Crippen molar-refractivity contribution in [1.82, 2.24) is 14.9 Å². The lowest BCUT2D eigenvalue weighted by molar-refractivity contribution is -0.118. The number of nitrogens with zero attached hydrogens (tertiary/aromatic N) is 2. The highest BCUT2D eigenvalue weighted by atomic mass is 32.2. The average Bonchev–Trinajstić information content (AvgIpc) is 3.07. The summed E-state index contributed by atoms with van der Waals surface area (Å²) in [5.74, 6) is 1.95. The van der Waals surface area contributed by atoms with Gasteiger partial charge in [-0.25, -0.2) is 4.98 Å². The normalized spacial score (nSPS) is 12.9. The Morgan fingerprint density at radius 3 is 2.84 bits per heavy atom. The third kappa shape index (κ3) is 4.10. The van der Waals surface area contributed by atoms with E-state index in [-0.39, 0.29) is 5.91 Å². The summed E-state index contributed by atoms with van der Waals surface area (Å²) < 4.78 is 13.4. The van der Waals surface area contributed by atoms with Crippen LogP contribution < -0.4 is 14.8 Å². The zero-order chi connectivity index (χ0) is 17.6. The fourth-order valence-corrected chi connectivity index (χ4v) is 3.53. The van der Waals surface area contributed by atoms with Gasteiger partial charge in [-0.3, -0.25) is 4.79 Å². The molecule has 2 aromatic rings. The summed E-state index contributed by atoms with van der Waals surface area (Å²) >= 11 is 1.46. The maximum Gasteiger partial charge on any atom is 0.230 e. The van der Waals surface area contributed by atoms with E-state index in [2.05, 4.69) is 21.8 Å². The topological polar surface area (TPSA) is 65.4 Å². The lowest BCUT2D eigenvalue weighted by Gasteiger charge is -2.19. The van der Waals surface area contributed by atoms with Crippen molar-refractivity contribution >= 4 is 17.7 Å². The van der Waals surface area contributed by atoms with Gasteiger partial charge in [0, 0.05) is 18.7 Å². The van der Waals surface area contributed by atoms with Crippen LogP contribution in [-0.2, 0) is 11.3 Å². The molecule has 0 aliphatic carbocycles. The number of hydrogen-bond donors (Lipinski definition) is 1. The van der Waals surface area contributed by atoms with E-state index in [4.69, 9.17) is 9.47 Å². The van der Waals surface area contributed by atoms with Gasteiger partial charge in [-0.2, -0.15) is 0 Å². The van der Waals surface area contributed by atoms with Gasteiger partial charge in [-0.05, 0) is 31.5 Å². The summed E-state index contributed by atoms with van der Waals surface area (Å²) in [6.45, 7) is 6.76. The molecule has 1 amide bonds. The van der Waals surface area contributed by atoms with Gasteiger partial charge in [-0.15, -0.1) is 0 Å². The maximum absolute atomic E-state index is 11.8. The highest BCUT2D eigenvalue weighted by molar-refractivity contribution is 7.99. The molecule has 0 fully saturated rings. The summed E-state index contributed by atoms with van der Waals surface area (Å²) in [6.07, 6.45) is 2.79. The van der Waals surface area contributed by atoms with Crippen LogP contribution in [-0.4, -0.2) is 41.0 Å². The van der Waals surface area contributed by atoms with Crippen LogP contribution in [0.1, 0.15) is 20.3 Å². The molecule has 134 valence electrons. The molecule has 6 nitrogen and oxygen atoms in total. The number of carbonyl (C=O) groups excluding carboxylic acids is 1. The fraction of sp³-hybridized carbons (Fsp3) is 0.444. The number of aromatic nitrogens is 2. The molecule has 1 N–H and O–H groups in total. The summed E-state index contributed by atoms with van der Waals surface area (Å²) in [7, 11) is 0. The van der Waals surface area contributed by atoms with Gasteiger partial charge >= 0.3 is 0 Å². The van der Waals surface area contributed by atoms with Gasteiger partial charge in [0.25, 0.3) is 0 Å². The van der Waals surface area contributed by atoms with E-state index in [0.717, 1.165) is 40.9 Å². The first kappa shape index (κ1) is 17.7. The molecule has 0 bridgehead atoms. The number of ether oxygens (including phenoxy) is 2. The third-order valence-electron chi connectivity index (χ3n) is 3.88. The first-order valence-corrected chi connectivity index (χ1v) is 9.56. The predicted octanol–water partition coefficient (Wildman–Crippen LogP) is 2.96. The molecule has 1 aliphatic rings. The smallest absolute Gasteiger partial charge is 0.230 e. The minimum absolute atomic E-state index is 0.0402. The predicted molar refractivity (Wildman–Crippen MR) is 98.4 cm³/mol. The molecule has 3 rings (SSSR count). The number of hydrogen-bond acceptors (Lipinski definition) is 5. The van der Waals surface area contributed by atoms with Crippen LogP contribution in [0.3, 0.4) is 0 Å². The maximum atomic E-state index is 11.8. The largest absolute Gasteiger partial charge is 0.486 e. The van der Waals surface area contributed by atoms with E-state index in [0.29, 0.717) is 25.5 Å². The van der Waals surface area contributed by atoms with E-state index in [1.54, 1.807) is 0 Å². The molecule has 1 aromatic carbocycles. The Labute approximate surface area is 151 Å². The minimum Gasteiger partial charge on any atom is -0.486 e. The lowest BCUT2D eigenvalue weighted by atomic mass is 10.1. The van der Waals surface area contributed by atoms with Crippen molar-refractivity contribution in [2.45, 2.75) is 32.0 Å². The van der Waals surface area contributed by atoms with Crippen LogP contribution in [0.15, 0.2) is 29.6 Å². The zero-order valence-corrected chi connectivity index (χ0v) is 15.4. The fourth-order valence-electron chi connectivity index (χ4n) is 2.66. The molecule has 7 heteroatoms. The number of rotatable bonds is 7. The molecule has 0 saturated heterocycles. The molecule has 1 aromatic heterocycles. The molecule has 25 heavy (non-hydrogen) atoms. The van der Waals surface area contributed by atoms with E-state index in [9.17, 15) is 4.79 Å². The van der Waals surface area contributed by atoms with Crippen LogP contribution in [0, 0.1) is 0 Å². The summed E-state index contributed by atoms with van der Waals surface area (Å²) in [5.41, 5.74) is 2.04. The van der Waals surface area contributed by atoms with Crippen LogP contribution in [0.25, 0.3) is 11.3 Å². The molecule has 0 unspecified atom stereocenters. The Bertz CT molecular complexity index is 745. The highest BCUT2D eigenvalue weighted by Gasteiger charge is 2.16. The number of amides is 1. The Balaban J connectivity index is 1.77. The Morgan fingerprint density at radius 1 is 1.28 bits per heavy atom. The van der Waals surface area contributed by atoms with Crippen molar-refractivity contribution in [3.05, 3.63) is 24.4 Å². The molecule has 0 spiro atoms. The van der Waals surface area contributed by atoms with Crippen LogP contribution >= 0.6 is 11.8 Å². The molecule has 2 heterocycles. The van der Waals surface area contributed by atoms with Crippen molar-refractivity contribution in [3.63, 3.8) is 0 Å². The molecular formula is C18H23N3O3S. The van der Waals surface area contributed by atoms with Crippen LogP contribution in [0.5, 0.6) is 11.5 Å². The van der Waals surface area contributed by atoms with Crippen molar-refractivity contribution in [1.29, 1.82) is 0 Å². The monoisotopic (exact) mass is 361 g/mol. The average molecular weight is 361 g/mol. The Hall–Kier alpha value is -2.15. The van der Waals surface area contributed by atoms with Crippen molar-refractivity contribution < 1.29 is 14.3 Å². The summed E-state index contributed by atoms with van der Waals surface area (Å²) in [6, 6.07) is 5.93. The zero-order valence-electron chi connectivity index (χ0n) is 14.6. The second kappa shape index (κ2) is 8.29. The van der Waals surface area contributed by atoms with Crippen molar-refractivity contribution in [3.8, 4) is 22.8 Å². The standard InChI is InChI=1S/C18H23N3O3S/c1-3-7-19-17(22)12-25-18-20-11-14(21(18)4-2)13-5-6-15-16(10-13)24-9-8-23-15/h5-6,10-11H,3-4,7-9,12H2,1-2H3,(H,19,22). The number of imidazole rings is 1. The Kier molecular flexibility index (Phi) is 5.86.